The maximum Gasteiger partial charge on any atom is 0.255 e. The van der Waals surface area contributed by atoms with Crippen molar-refractivity contribution in [2.24, 2.45) is 0 Å². The van der Waals surface area contributed by atoms with E-state index in [0.717, 1.165) is 19.3 Å². The molecule has 3 heteroatoms. The van der Waals surface area contributed by atoms with Crippen molar-refractivity contribution in [1.29, 1.82) is 0 Å². The molecule has 0 saturated heterocycles. The van der Waals surface area contributed by atoms with Crippen LogP contribution in [0, 0.1) is 6.92 Å². The molecule has 1 N–H and O–H groups in total. The summed E-state index contributed by atoms with van der Waals surface area (Å²) in [7, 11) is 0. The Hall–Kier alpha value is -2.03. The van der Waals surface area contributed by atoms with Gasteiger partial charge in [-0.25, -0.2) is 0 Å². The number of nitrogens with one attached hydrogen (secondary N) is 1. The first-order valence-electron chi connectivity index (χ1n) is 6.68. The van der Waals surface area contributed by atoms with Crippen LogP contribution in [-0.2, 0) is 6.42 Å². The van der Waals surface area contributed by atoms with Gasteiger partial charge in [-0.15, -0.1) is 0 Å². The first-order chi connectivity index (χ1) is 9.25. The van der Waals surface area contributed by atoms with Crippen molar-refractivity contribution < 1.29 is 9.21 Å². The zero-order chi connectivity index (χ0) is 13.2. The van der Waals surface area contributed by atoms with Gasteiger partial charge in [0.15, 0.2) is 0 Å². The van der Waals surface area contributed by atoms with Gasteiger partial charge < -0.3 is 9.73 Å². The standard InChI is InChI=1S/C16H17NO2/c1-11-13(9-10-19-11)16(18)17-15-8-4-6-12-5-2-3-7-14(12)15/h2-3,5,7,9-10,15H,4,6,8H2,1H3,(H,17,18)/t15-/m0/s1. The topological polar surface area (TPSA) is 42.2 Å². The summed E-state index contributed by atoms with van der Waals surface area (Å²) in [6.07, 6.45) is 4.78. The Labute approximate surface area is 112 Å². The average Bonchev–Trinajstić information content (AvgIpc) is 2.85. The Morgan fingerprint density at radius 2 is 2.16 bits per heavy atom. The van der Waals surface area contributed by atoms with Gasteiger partial charge in [0.2, 0.25) is 0 Å². The van der Waals surface area contributed by atoms with Gasteiger partial charge in [0.05, 0.1) is 17.9 Å². The van der Waals surface area contributed by atoms with Gasteiger partial charge in [0.25, 0.3) is 5.91 Å². The molecule has 3 rings (SSSR count). The van der Waals surface area contributed by atoms with Gasteiger partial charge >= 0.3 is 0 Å². The number of hydrogen-bond donors (Lipinski definition) is 1. The first kappa shape index (κ1) is 12.0. The summed E-state index contributed by atoms with van der Waals surface area (Å²) in [4.78, 5) is 12.2. The van der Waals surface area contributed by atoms with Gasteiger partial charge in [-0.05, 0) is 43.4 Å². The lowest BCUT2D eigenvalue weighted by molar-refractivity contribution is 0.0931. The summed E-state index contributed by atoms with van der Waals surface area (Å²) >= 11 is 0. The Balaban J connectivity index is 1.82. The molecule has 3 nitrogen and oxygen atoms in total. The van der Waals surface area contributed by atoms with Gasteiger partial charge in [0, 0.05) is 0 Å². The average molecular weight is 255 g/mol. The minimum Gasteiger partial charge on any atom is -0.469 e. The van der Waals surface area contributed by atoms with Crippen LogP contribution in [0.3, 0.4) is 0 Å². The third-order valence-electron chi connectivity index (χ3n) is 3.78. The van der Waals surface area contributed by atoms with Crippen molar-refractivity contribution in [2.45, 2.75) is 32.2 Å². The Bertz CT molecular complexity index is 600. The van der Waals surface area contributed by atoms with Crippen molar-refractivity contribution in [2.75, 3.05) is 0 Å². The third kappa shape index (κ3) is 2.28. The maximum absolute atomic E-state index is 12.2. The van der Waals surface area contributed by atoms with Gasteiger partial charge in [0.1, 0.15) is 5.76 Å². The highest BCUT2D eigenvalue weighted by Crippen LogP contribution is 2.29. The zero-order valence-electron chi connectivity index (χ0n) is 11.0. The predicted molar refractivity (Wildman–Crippen MR) is 73.0 cm³/mol. The minimum absolute atomic E-state index is 0.0482. The van der Waals surface area contributed by atoms with Crippen LogP contribution >= 0.6 is 0 Å². The lowest BCUT2D eigenvalue weighted by atomic mass is 9.87. The van der Waals surface area contributed by atoms with Crippen molar-refractivity contribution in [1.82, 2.24) is 5.32 Å². The number of hydrogen-bond acceptors (Lipinski definition) is 2. The molecule has 0 spiro atoms. The molecule has 1 aromatic carbocycles. The van der Waals surface area contributed by atoms with Crippen molar-refractivity contribution in [3.05, 3.63) is 59.0 Å². The number of carbonyl (C=O) groups is 1. The highest BCUT2D eigenvalue weighted by Gasteiger charge is 2.22. The third-order valence-corrected chi connectivity index (χ3v) is 3.78. The quantitative estimate of drug-likeness (QED) is 0.893. The number of aryl methyl sites for hydroxylation is 2. The SMILES string of the molecule is Cc1occc1C(=O)N[C@H]1CCCc2ccccc21. The number of carbonyl (C=O) groups excluding carboxylic acids is 1. The second kappa shape index (κ2) is 4.92. The van der Waals surface area contributed by atoms with Crippen molar-refractivity contribution in [3.8, 4) is 0 Å². The lowest BCUT2D eigenvalue weighted by Crippen LogP contribution is -2.31. The summed E-state index contributed by atoms with van der Waals surface area (Å²) in [5, 5.41) is 3.12. The molecule has 0 saturated carbocycles. The van der Waals surface area contributed by atoms with Crippen LogP contribution in [0.2, 0.25) is 0 Å². The maximum atomic E-state index is 12.2. The molecule has 1 amide bonds. The van der Waals surface area contributed by atoms with Crippen LogP contribution in [0.25, 0.3) is 0 Å². The molecule has 1 aliphatic carbocycles. The largest absolute Gasteiger partial charge is 0.469 e. The van der Waals surface area contributed by atoms with Gasteiger partial charge in [-0.2, -0.15) is 0 Å². The minimum atomic E-state index is -0.0482. The van der Waals surface area contributed by atoms with E-state index in [0.29, 0.717) is 11.3 Å². The molecular formula is C16H17NO2. The van der Waals surface area contributed by atoms with Crippen LogP contribution in [0.5, 0.6) is 0 Å². The molecule has 1 atom stereocenters. The smallest absolute Gasteiger partial charge is 0.255 e. The Kier molecular flexibility index (Phi) is 3.11. The summed E-state index contributed by atoms with van der Waals surface area (Å²) in [5.41, 5.74) is 3.23. The van der Waals surface area contributed by atoms with E-state index in [-0.39, 0.29) is 11.9 Å². The molecule has 1 aliphatic rings. The zero-order valence-corrected chi connectivity index (χ0v) is 11.0. The fourth-order valence-electron chi connectivity index (χ4n) is 2.76. The Morgan fingerprint density at radius 3 is 2.95 bits per heavy atom. The number of amides is 1. The van der Waals surface area contributed by atoms with Crippen LogP contribution in [0.1, 0.15) is 46.1 Å². The number of fused-ring (bicyclic) bond motifs is 1. The van der Waals surface area contributed by atoms with Gasteiger partial charge in [-0.3, -0.25) is 4.79 Å². The van der Waals surface area contributed by atoms with E-state index < -0.39 is 0 Å². The molecule has 19 heavy (non-hydrogen) atoms. The second-order valence-electron chi connectivity index (χ2n) is 5.01. The monoisotopic (exact) mass is 255 g/mol. The molecule has 0 unspecified atom stereocenters. The first-order valence-corrected chi connectivity index (χ1v) is 6.68. The predicted octanol–water partition coefficient (Wildman–Crippen LogP) is 3.40. The van der Waals surface area contributed by atoms with Crippen molar-refractivity contribution >= 4 is 5.91 Å². The van der Waals surface area contributed by atoms with E-state index in [9.17, 15) is 4.79 Å². The normalized spacial score (nSPS) is 17.8. The molecular weight excluding hydrogens is 238 g/mol. The van der Waals surface area contributed by atoms with E-state index in [4.69, 9.17) is 4.42 Å². The molecule has 98 valence electrons. The van der Waals surface area contributed by atoms with E-state index in [1.54, 1.807) is 12.3 Å². The Morgan fingerprint density at radius 1 is 1.32 bits per heavy atom. The molecule has 1 aromatic heterocycles. The van der Waals surface area contributed by atoms with Crippen LogP contribution in [0.15, 0.2) is 41.0 Å². The summed E-state index contributed by atoms with van der Waals surface area (Å²) in [6, 6.07) is 10.2. The fourth-order valence-corrected chi connectivity index (χ4v) is 2.76. The van der Waals surface area contributed by atoms with E-state index in [2.05, 4.69) is 23.5 Å². The van der Waals surface area contributed by atoms with Gasteiger partial charge in [-0.1, -0.05) is 24.3 Å². The lowest BCUT2D eigenvalue weighted by Gasteiger charge is -2.26. The second-order valence-corrected chi connectivity index (χ2v) is 5.01. The van der Waals surface area contributed by atoms with Crippen LogP contribution in [-0.4, -0.2) is 5.91 Å². The number of rotatable bonds is 2. The van der Waals surface area contributed by atoms with E-state index >= 15 is 0 Å². The summed E-state index contributed by atoms with van der Waals surface area (Å²) in [6.45, 7) is 1.81. The van der Waals surface area contributed by atoms with E-state index in [1.165, 1.54) is 11.1 Å². The summed E-state index contributed by atoms with van der Waals surface area (Å²) < 4.78 is 5.18. The highest BCUT2D eigenvalue weighted by atomic mass is 16.3. The van der Waals surface area contributed by atoms with Crippen LogP contribution < -0.4 is 5.32 Å². The molecule has 0 bridgehead atoms. The number of furan rings is 1. The van der Waals surface area contributed by atoms with E-state index in [1.807, 2.05) is 13.0 Å². The fraction of sp³-hybridized carbons (Fsp3) is 0.312. The number of benzene rings is 1. The van der Waals surface area contributed by atoms with Crippen molar-refractivity contribution in [3.63, 3.8) is 0 Å². The molecule has 0 fully saturated rings. The molecule has 0 radical (unpaired) electrons. The summed E-state index contributed by atoms with van der Waals surface area (Å²) in [5.74, 6) is 0.620. The van der Waals surface area contributed by atoms with Crippen LogP contribution in [0.4, 0.5) is 0 Å². The molecule has 0 aliphatic heterocycles. The molecule has 2 aromatic rings. The molecule has 1 heterocycles. The highest BCUT2D eigenvalue weighted by molar-refractivity contribution is 5.95.